The molecule has 2 atom stereocenters. The Hall–Kier alpha value is -1.14. The van der Waals surface area contributed by atoms with E-state index in [9.17, 15) is 19.8 Å². The van der Waals surface area contributed by atoms with Crippen LogP contribution in [0.4, 0.5) is 0 Å². The molecule has 0 radical (unpaired) electrons. The van der Waals surface area contributed by atoms with Crippen molar-refractivity contribution in [2.45, 2.75) is 405 Å². The SMILES string of the molecule is CCCCCCCCCCCCCCCCCCCCCCCC(O)C(CO)NC(=O)CCCCCCCCCCCCCCCCCCCCCCCOC(=O)CCCCCCCCCCCCCCCC. The van der Waals surface area contributed by atoms with Crippen LogP contribution in [0.15, 0.2) is 0 Å². The van der Waals surface area contributed by atoms with Gasteiger partial charge in [0.15, 0.2) is 0 Å². The third-order valence-corrected chi connectivity index (χ3v) is 16.2. The molecule has 1 amide bonds. The number of ether oxygens (including phenoxy) is 1. The molecule has 0 aromatic heterocycles. The van der Waals surface area contributed by atoms with E-state index >= 15 is 0 Å². The number of hydrogen-bond acceptors (Lipinski definition) is 5. The van der Waals surface area contributed by atoms with E-state index < -0.39 is 12.1 Å². The molecule has 0 aliphatic rings. The van der Waals surface area contributed by atoms with Crippen molar-refractivity contribution >= 4 is 11.9 Å². The monoisotopic (exact) mass is 1030 g/mol. The minimum absolute atomic E-state index is 0.0157. The van der Waals surface area contributed by atoms with E-state index in [1.165, 1.54) is 321 Å². The molecular formula is C67H133NO5. The number of nitrogens with one attached hydrogen (secondary N) is 1. The first-order valence-electron chi connectivity index (χ1n) is 33.8. The Balaban J connectivity index is 3.37. The summed E-state index contributed by atoms with van der Waals surface area (Å²) in [6.45, 7) is 5.00. The number of amides is 1. The zero-order valence-corrected chi connectivity index (χ0v) is 49.9. The summed E-state index contributed by atoms with van der Waals surface area (Å²) in [5, 5.41) is 23.4. The van der Waals surface area contributed by atoms with Gasteiger partial charge in [0.1, 0.15) is 0 Å². The molecule has 436 valence electrons. The number of esters is 1. The first kappa shape index (κ1) is 71.9. The van der Waals surface area contributed by atoms with Crippen molar-refractivity contribution in [3.8, 4) is 0 Å². The van der Waals surface area contributed by atoms with Crippen LogP contribution in [0.5, 0.6) is 0 Å². The normalized spacial score (nSPS) is 12.4. The zero-order valence-electron chi connectivity index (χ0n) is 49.9. The van der Waals surface area contributed by atoms with Gasteiger partial charge in [0.2, 0.25) is 5.91 Å². The third-order valence-electron chi connectivity index (χ3n) is 16.2. The Morgan fingerprint density at radius 1 is 0.329 bits per heavy atom. The number of carbonyl (C=O) groups is 2. The van der Waals surface area contributed by atoms with E-state index in [4.69, 9.17) is 4.74 Å². The van der Waals surface area contributed by atoms with Gasteiger partial charge in [0.05, 0.1) is 25.4 Å². The van der Waals surface area contributed by atoms with E-state index in [0.717, 1.165) is 38.5 Å². The highest BCUT2D eigenvalue weighted by Gasteiger charge is 2.20. The second-order valence-electron chi connectivity index (χ2n) is 23.5. The van der Waals surface area contributed by atoms with E-state index in [-0.39, 0.29) is 18.5 Å². The number of aliphatic hydroxyl groups is 2. The molecule has 3 N–H and O–H groups in total. The Bertz CT molecular complexity index is 1050. The highest BCUT2D eigenvalue weighted by molar-refractivity contribution is 5.76. The van der Waals surface area contributed by atoms with E-state index in [2.05, 4.69) is 19.2 Å². The summed E-state index contributed by atoms with van der Waals surface area (Å²) in [6.07, 6.45) is 75.6. The fourth-order valence-electron chi connectivity index (χ4n) is 11.0. The third kappa shape index (κ3) is 60.0. The smallest absolute Gasteiger partial charge is 0.305 e. The summed E-state index contributed by atoms with van der Waals surface area (Å²) in [4.78, 5) is 24.6. The maximum Gasteiger partial charge on any atom is 0.305 e. The molecule has 6 nitrogen and oxygen atoms in total. The first-order chi connectivity index (χ1) is 36.0. The molecule has 0 spiro atoms. The number of hydrogen-bond donors (Lipinski definition) is 3. The topological polar surface area (TPSA) is 95.9 Å². The van der Waals surface area contributed by atoms with Gasteiger partial charge in [0.25, 0.3) is 0 Å². The minimum Gasteiger partial charge on any atom is -0.466 e. The highest BCUT2D eigenvalue weighted by atomic mass is 16.5. The van der Waals surface area contributed by atoms with Crippen molar-refractivity contribution in [3.63, 3.8) is 0 Å². The molecule has 6 heteroatoms. The zero-order chi connectivity index (χ0) is 52.9. The van der Waals surface area contributed by atoms with E-state index in [0.29, 0.717) is 25.9 Å². The van der Waals surface area contributed by atoms with Crippen LogP contribution in [-0.2, 0) is 14.3 Å². The fraction of sp³-hybridized carbons (Fsp3) is 0.970. The maximum atomic E-state index is 12.5. The van der Waals surface area contributed by atoms with Crippen LogP contribution in [0.25, 0.3) is 0 Å². The van der Waals surface area contributed by atoms with Crippen molar-refractivity contribution in [3.05, 3.63) is 0 Å². The highest BCUT2D eigenvalue weighted by Crippen LogP contribution is 2.19. The lowest BCUT2D eigenvalue weighted by Gasteiger charge is -2.22. The van der Waals surface area contributed by atoms with Gasteiger partial charge in [-0.15, -0.1) is 0 Å². The van der Waals surface area contributed by atoms with Crippen molar-refractivity contribution in [2.75, 3.05) is 13.2 Å². The number of rotatable bonds is 64. The fourth-order valence-corrected chi connectivity index (χ4v) is 11.0. The number of carbonyl (C=O) groups excluding carboxylic acids is 2. The van der Waals surface area contributed by atoms with E-state index in [1.807, 2.05) is 0 Å². The molecule has 0 aliphatic carbocycles. The molecule has 0 aromatic carbocycles. The molecular weight excluding hydrogens is 899 g/mol. The van der Waals surface area contributed by atoms with Crippen LogP contribution in [0, 0.1) is 0 Å². The molecule has 2 unspecified atom stereocenters. The molecule has 0 aromatic rings. The maximum absolute atomic E-state index is 12.5. The quantitative estimate of drug-likeness (QED) is 0.0417. The van der Waals surface area contributed by atoms with Crippen LogP contribution in [0.1, 0.15) is 393 Å². The molecule has 0 heterocycles. The lowest BCUT2D eigenvalue weighted by atomic mass is 10.0. The van der Waals surface area contributed by atoms with Crippen molar-refractivity contribution < 1.29 is 24.5 Å². The molecule has 0 fully saturated rings. The van der Waals surface area contributed by atoms with Crippen LogP contribution in [-0.4, -0.2) is 47.4 Å². The largest absolute Gasteiger partial charge is 0.466 e. The summed E-state index contributed by atoms with van der Waals surface area (Å²) in [6, 6.07) is -0.542. The van der Waals surface area contributed by atoms with E-state index in [1.54, 1.807) is 0 Å². The summed E-state index contributed by atoms with van der Waals surface area (Å²) in [5.74, 6) is -0.0150. The van der Waals surface area contributed by atoms with Gasteiger partial charge in [-0.25, -0.2) is 0 Å². The number of aliphatic hydroxyl groups excluding tert-OH is 2. The second kappa shape index (κ2) is 63.4. The molecule has 0 rings (SSSR count). The van der Waals surface area contributed by atoms with Crippen LogP contribution >= 0.6 is 0 Å². The Kier molecular flexibility index (Phi) is 62.4. The average molecular weight is 1030 g/mol. The van der Waals surface area contributed by atoms with Crippen molar-refractivity contribution in [2.24, 2.45) is 0 Å². The van der Waals surface area contributed by atoms with Gasteiger partial charge in [-0.1, -0.05) is 354 Å². The lowest BCUT2D eigenvalue weighted by Crippen LogP contribution is -2.45. The van der Waals surface area contributed by atoms with Crippen LogP contribution < -0.4 is 5.32 Å². The predicted molar refractivity (Wildman–Crippen MR) is 320 cm³/mol. The van der Waals surface area contributed by atoms with Gasteiger partial charge in [-0.3, -0.25) is 9.59 Å². The predicted octanol–water partition coefficient (Wildman–Crippen LogP) is 21.4. The van der Waals surface area contributed by atoms with Crippen LogP contribution in [0.3, 0.4) is 0 Å². The summed E-state index contributed by atoms with van der Waals surface area (Å²) >= 11 is 0. The summed E-state index contributed by atoms with van der Waals surface area (Å²) < 4.78 is 5.49. The van der Waals surface area contributed by atoms with Crippen molar-refractivity contribution in [1.82, 2.24) is 5.32 Å². The minimum atomic E-state index is -0.665. The molecule has 0 saturated heterocycles. The summed E-state index contributed by atoms with van der Waals surface area (Å²) in [7, 11) is 0. The molecule has 0 saturated carbocycles. The van der Waals surface area contributed by atoms with Gasteiger partial charge in [-0.05, 0) is 25.7 Å². The molecule has 0 aliphatic heterocycles. The Morgan fingerprint density at radius 3 is 0.836 bits per heavy atom. The second-order valence-corrected chi connectivity index (χ2v) is 23.5. The van der Waals surface area contributed by atoms with Crippen LogP contribution in [0.2, 0.25) is 0 Å². The molecule has 0 bridgehead atoms. The Labute approximate surface area is 457 Å². The van der Waals surface area contributed by atoms with Gasteiger partial charge in [-0.2, -0.15) is 0 Å². The first-order valence-corrected chi connectivity index (χ1v) is 33.8. The van der Waals surface area contributed by atoms with Gasteiger partial charge < -0.3 is 20.3 Å². The molecule has 73 heavy (non-hydrogen) atoms. The lowest BCUT2D eigenvalue weighted by molar-refractivity contribution is -0.143. The standard InChI is InChI=1S/C67H133NO5/c1-3-5-7-9-11-13-15-17-19-20-21-23-26-29-32-35-39-43-47-51-55-59-65(70)64(63-69)68-66(71)60-56-52-48-44-40-36-33-30-27-24-22-25-28-31-34-38-42-46-50-54-58-62-73-67(72)61-57-53-49-45-41-37-18-16-14-12-10-8-6-4-2/h64-65,69-70H,3-63H2,1-2H3,(H,68,71). The van der Waals surface area contributed by atoms with Crippen molar-refractivity contribution in [1.29, 1.82) is 0 Å². The van der Waals surface area contributed by atoms with Gasteiger partial charge >= 0.3 is 5.97 Å². The average Bonchev–Trinajstić information content (AvgIpc) is 3.39. The Morgan fingerprint density at radius 2 is 0.562 bits per heavy atom. The number of unbranched alkanes of at least 4 members (excludes halogenated alkanes) is 53. The summed E-state index contributed by atoms with van der Waals surface area (Å²) in [5.41, 5.74) is 0. The van der Waals surface area contributed by atoms with Gasteiger partial charge in [0, 0.05) is 12.8 Å².